The number of nitrogens with zero attached hydrogens (tertiary/aromatic N) is 1. The van der Waals surface area contributed by atoms with Crippen molar-refractivity contribution in [3.05, 3.63) is 58.4 Å². The molecule has 0 saturated carbocycles. The first kappa shape index (κ1) is 21.2. The Labute approximate surface area is 164 Å². The topological polar surface area (TPSA) is 108 Å². The summed E-state index contributed by atoms with van der Waals surface area (Å²) in [5.74, 6) is -0.921. The van der Waals surface area contributed by atoms with Crippen LogP contribution in [0.15, 0.2) is 47.4 Å². The van der Waals surface area contributed by atoms with Gasteiger partial charge in [0, 0.05) is 22.8 Å². The van der Waals surface area contributed by atoms with E-state index in [1.54, 1.807) is 12.1 Å². The van der Waals surface area contributed by atoms with E-state index < -0.39 is 23.4 Å². The first-order valence-corrected chi connectivity index (χ1v) is 9.04. The van der Waals surface area contributed by atoms with Crippen LogP contribution in [0, 0.1) is 15.9 Å². The summed E-state index contributed by atoms with van der Waals surface area (Å²) in [6, 6.07) is 9.61. The molecule has 10 heteroatoms. The average Bonchev–Trinajstić information content (AvgIpc) is 2.68. The van der Waals surface area contributed by atoms with E-state index in [-0.39, 0.29) is 29.4 Å². The summed E-state index contributed by atoms with van der Waals surface area (Å²) < 4.78 is 22.7. The third-order valence-electron chi connectivity index (χ3n) is 3.42. The van der Waals surface area contributed by atoms with Crippen molar-refractivity contribution in [1.29, 1.82) is 0 Å². The monoisotopic (exact) mass is 408 g/mol. The van der Waals surface area contributed by atoms with E-state index in [0.717, 1.165) is 11.0 Å². The number of nitrogens with one attached hydrogen (secondary N) is 1. The van der Waals surface area contributed by atoms with Crippen LogP contribution in [0.5, 0.6) is 5.75 Å². The highest BCUT2D eigenvalue weighted by molar-refractivity contribution is 7.99. The normalized spacial score (nSPS) is 10.2. The molecule has 8 nitrogen and oxygen atoms in total. The summed E-state index contributed by atoms with van der Waals surface area (Å²) in [5, 5.41) is 13.2. The highest BCUT2D eigenvalue weighted by atomic mass is 32.2. The Morgan fingerprint density at radius 3 is 2.57 bits per heavy atom. The van der Waals surface area contributed by atoms with Crippen LogP contribution in [-0.4, -0.2) is 36.3 Å². The van der Waals surface area contributed by atoms with Gasteiger partial charge in [-0.2, -0.15) is 0 Å². The molecule has 2 aromatic rings. The Kier molecular flexibility index (Phi) is 7.76. The number of anilines is 1. The lowest BCUT2D eigenvalue weighted by atomic mass is 10.2. The van der Waals surface area contributed by atoms with Crippen LogP contribution < -0.4 is 10.1 Å². The fourth-order valence-corrected chi connectivity index (χ4v) is 2.93. The number of nitro groups is 1. The number of amides is 1. The van der Waals surface area contributed by atoms with Gasteiger partial charge in [-0.1, -0.05) is 0 Å². The van der Waals surface area contributed by atoms with E-state index in [1.807, 2.05) is 0 Å². The molecule has 0 aliphatic rings. The number of nitro benzene ring substituents is 1. The zero-order valence-corrected chi connectivity index (χ0v) is 15.7. The van der Waals surface area contributed by atoms with Gasteiger partial charge < -0.3 is 14.8 Å². The van der Waals surface area contributed by atoms with Crippen molar-refractivity contribution in [3.8, 4) is 5.75 Å². The van der Waals surface area contributed by atoms with Gasteiger partial charge in [-0.05, 0) is 30.3 Å². The van der Waals surface area contributed by atoms with Gasteiger partial charge in [0.1, 0.15) is 11.6 Å². The molecule has 0 unspecified atom stereocenters. The van der Waals surface area contributed by atoms with E-state index >= 15 is 0 Å². The SMILES string of the molecule is COc1ccc([N+](=O)[O-])cc1NC(=O)COC(=O)CCSc1ccc(F)cc1. The van der Waals surface area contributed by atoms with E-state index in [0.29, 0.717) is 5.75 Å². The van der Waals surface area contributed by atoms with E-state index in [2.05, 4.69) is 5.32 Å². The fraction of sp³-hybridized carbons (Fsp3) is 0.222. The van der Waals surface area contributed by atoms with Gasteiger partial charge in [-0.25, -0.2) is 4.39 Å². The third kappa shape index (κ3) is 6.54. The predicted molar refractivity (Wildman–Crippen MR) is 101 cm³/mol. The first-order chi connectivity index (χ1) is 13.4. The molecule has 0 spiro atoms. The van der Waals surface area contributed by atoms with E-state index in [4.69, 9.17) is 9.47 Å². The molecule has 0 bridgehead atoms. The maximum Gasteiger partial charge on any atom is 0.307 e. The quantitative estimate of drug-likeness (QED) is 0.293. The highest BCUT2D eigenvalue weighted by Gasteiger charge is 2.15. The molecule has 1 amide bonds. The van der Waals surface area contributed by atoms with Gasteiger partial charge in [-0.15, -0.1) is 11.8 Å². The lowest BCUT2D eigenvalue weighted by molar-refractivity contribution is -0.384. The van der Waals surface area contributed by atoms with Crippen LogP contribution >= 0.6 is 11.8 Å². The number of thioether (sulfide) groups is 1. The van der Waals surface area contributed by atoms with Gasteiger partial charge in [0.25, 0.3) is 11.6 Å². The molecule has 28 heavy (non-hydrogen) atoms. The van der Waals surface area contributed by atoms with Gasteiger partial charge in [0.05, 0.1) is 24.1 Å². The lowest BCUT2D eigenvalue weighted by Gasteiger charge is -2.10. The van der Waals surface area contributed by atoms with Crippen LogP contribution in [0.1, 0.15) is 6.42 Å². The van der Waals surface area contributed by atoms with Crippen LogP contribution in [0.2, 0.25) is 0 Å². The number of rotatable bonds is 9. The Morgan fingerprint density at radius 2 is 1.93 bits per heavy atom. The van der Waals surface area contributed by atoms with E-state index in [1.165, 1.54) is 43.1 Å². The molecule has 0 aliphatic heterocycles. The summed E-state index contributed by atoms with van der Waals surface area (Å²) in [6.45, 7) is -0.536. The van der Waals surface area contributed by atoms with Crippen molar-refractivity contribution in [1.82, 2.24) is 0 Å². The smallest absolute Gasteiger partial charge is 0.307 e. The molecule has 0 heterocycles. The number of ether oxygens (including phenoxy) is 2. The molecule has 0 fully saturated rings. The Hall–Kier alpha value is -3.14. The molecule has 148 valence electrons. The lowest BCUT2D eigenvalue weighted by Crippen LogP contribution is -2.21. The number of non-ortho nitro benzene ring substituents is 1. The van der Waals surface area contributed by atoms with Crippen LogP contribution in [0.4, 0.5) is 15.8 Å². The maximum atomic E-state index is 12.8. The second-order valence-electron chi connectivity index (χ2n) is 5.40. The Balaban J connectivity index is 1.78. The van der Waals surface area contributed by atoms with Crippen molar-refractivity contribution >= 4 is 35.0 Å². The summed E-state index contributed by atoms with van der Waals surface area (Å²) in [4.78, 5) is 34.7. The molecule has 2 aromatic carbocycles. The molecule has 1 N–H and O–H groups in total. The van der Waals surface area contributed by atoms with Gasteiger partial charge >= 0.3 is 5.97 Å². The summed E-state index contributed by atoms with van der Waals surface area (Å²) in [7, 11) is 1.36. The first-order valence-electron chi connectivity index (χ1n) is 8.05. The number of methoxy groups -OCH3 is 1. The second-order valence-corrected chi connectivity index (χ2v) is 6.57. The number of carbonyl (C=O) groups is 2. The largest absolute Gasteiger partial charge is 0.495 e. The molecular weight excluding hydrogens is 391 g/mol. The standard InChI is InChI=1S/C18H17FN2O6S/c1-26-16-7-4-13(21(24)25)10-15(16)20-17(22)11-27-18(23)8-9-28-14-5-2-12(19)3-6-14/h2-7,10H,8-9,11H2,1H3,(H,20,22). The van der Waals surface area contributed by atoms with Crippen molar-refractivity contribution in [2.24, 2.45) is 0 Å². The zero-order valence-electron chi connectivity index (χ0n) is 14.8. The number of hydrogen-bond acceptors (Lipinski definition) is 7. The fourth-order valence-electron chi connectivity index (χ4n) is 2.09. The van der Waals surface area contributed by atoms with Gasteiger partial charge in [-0.3, -0.25) is 19.7 Å². The minimum atomic E-state index is -0.654. The minimum Gasteiger partial charge on any atom is -0.495 e. The molecule has 0 saturated heterocycles. The third-order valence-corrected chi connectivity index (χ3v) is 4.43. The van der Waals surface area contributed by atoms with Gasteiger partial charge in [0.2, 0.25) is 0 Å². The summed E-state index contributed by atoms with van der Waals surface area (Å²) >= 11 is 1.36. The van der Waals surface area contributed by atoms with Gasteiger partial charge in [0.15, 0.2) is 6.61 Å². The van der Waals surface area contributed by atoms with Crippen LogP contribution in [-0.2, 0) is 14.3 Å². The second kappa shape index (κ2) is 10.3. The summed E-state index contributed by atoms with van der Waals surface area (Å²) in [6.07, 6.45) is 0.0649. The summed E-state index contributed by atoms with van der Waals surface area (Å²) in [5.41, 5.74) is -0.115. The minimum absolute atomic E-state index is 0.0649. The van der Waals surface area contributed by atoms with Crippen molar-refractivity contribution in [3.63, 3.8) is 0 Å². The molecule has 0 aliphatic carbocycles. The number of halogens is 1. The number of hydrogen-bond donors (Lipinski definition) is 1. The number of benzene rings is 2. The van der Waals surface area contributed by atoms with Crippen molar-refractivity contribution in [2.75, 3.05) is 24.8 Å². The molecule has 0 atom stereocenters. The van der Waals surface area contributed by atoms with Crippen LogP contribution in [0.3, 0.4) is 0 Å². The number of esters is 1. The average molecular weight is 408 g/mol. The van der Waals surface area contributed by atoms with Crippen molar-refractivity contribution in [2.45, 2.75) is 11.3 Å². The Morgan fingerprint density at radius 1 is 1.21 bits per heavy atom. The van der Waals surface area contributed by atoms with Crippen LogP contribution in [0.25, 0.3) is 0 Å². The molecule has 0 radical (unpaired) electrons. The predicted octanol–water partition coefficient (Wildman–Crippen LogP) is 3.41. The molecular formula is C18H17FN2O6S. The van der Waals surface area contributed by atoms with E-state index in [9.17, 15) is 24.1 Å². The molecule has 2 rings (SSSR count). The highest BCUT2D eigenvalue weighted by Crippen LogP contribution is 2.28. The maximum absolute atomic E-state index is 12.8. The Bertz CT molecular complexity index is 860. The van der Waals surface area contributed by atoms with Crippen molar-refractivity contribution < 1.29 is 28.4 Å². The molecule has 0 aromatic heterocycles. The number of carbonyl (C=O) groups excluding carboxylic acids is 2. The zero-order chi connectivity index (χ0) is 20.5.